The zero-order chi connectivity index (χ0) is 12.1. The Labute approximate surface area is 105 Å². The first kappa shape index (κ1) is 12.0. The van der Waals surface area contributed by atoms with Gasteiger partial charge < -0.3 is 5.32 Å². The van der Waals surface area contributed by atoms with Crippen LogP contribution in [0.4, 0.5) is 5.69 Å². The largest absolute Gasteiger partial charge is 0.351 e. The van der Waals surface area contributed by atoms with Crippen molar-refractivity contribution in [1.29, 1.82) is 0 Å². The Morgan fingerprint density at radius 1 is 1.47 bits per heavy atom. The van der Waals surface area contributed by atoms with Gasteiger partial charge in [-0.1, -0.05) is 6.07 Å². The monoisotopic (exact) mass is 249 g/mol. The lowest BCUT2D eigenvalue weighted by Gasteiger charge is -2.13. The molecule has 0 spiro atoms. The quantitative estimate of drug-likeness (QED) is 0.637. The van der Waals surface area contributed by atoms with Crippen LogP contribution in [0.15, 0.2) is 34.3 Å². The highest BCUT2D eigenvalue weighted by molar-refractivity contribution is 7.98. The van der Waals surface area contributed by atoms with E-state index in [0.717, 1.165) is 25.1 Å². The van der Waals surface area contributed by atoms with Crippen molar-refractivity contribution in [2.45, 2.75) is 17.7 Å². The van der Waals surface area contributed by atoms with Gasteiger partial charge in [0.1, 0.15) is 5.71 Å². The van der Waals surface area contributed by atoms with E-state index in [1.54, 1.807) is 11.8 Å². The fourth-order valence-electron chi connectivity index (χ4n) is 1.60. The van der Waals surface area contributed by atoms with Crippen molar-refractivity contribution in [1.82, 2.24) is 5.32 Å². The fourth-order valence-corrected chi connectivity index (χ4v) is 2.06. The van der Waals surface area contributed by atoms with E-state index in [1.165, 1.54) is 4.90 Å². The standard InChI is InChI=1S/C12H15N3OS/c1-17-10-5-2-4-9(8-10)14-15-11-6-3-7-13-12(11)16/h2,4-5,8,14H,3,6-7H2,1H3,(H,13,16). The molecule has 5 heteroatoms. The number of carbonyl (C=O) groups excluding carboxylic acids is 1. The van der Waals surface area contributed by atoms with E-state index >= 15 is 0 Å². The van der Waals surface area contributed by atoms with Crippen molar-refractivity contribution < 1.29 is 4.79 Å². The maximum atomic E-state index is 11.5. The van der Waals surface area contributed by atoms with Gasteiger partial charge >= 0.3 is 0 Å². The molecule has 1 aliphatic heterocycles. The number of hydrazone groups is 1. The fraction of sp³-hybridized carbons (Fsp3) is 0.333. The maximum absolute atomic E-state index is 11.5. The molecule has 2 N–H and O–H groups in total. The molecule has 4 nitrogen and oxygen atoms in total. The molecule has 1 amide bonds. The number of amides is 1. The van der Waals surface area contributed by atoms with Gasteiger partial charge in [-0.25, -0.2) is 0 Å². The highest BCUT2D eigenvalue weighted by Gasteiger charge is 2.15. The smallest absolute Gasteiger partial charge is 0.267 e. The minimum absolute atomic E-state index is 0.0650. The summed E-state index contributed by atoms with van der Waals surface area (Å²) in [5.74, 6) is -0.0650. The van der Waals surface area contributed by atoms with E-state index in [1.807, 2.05) is 30.5 Å². The van der Waals surface area contributed by atoms with Gasteiger partial charge in [-0.3, -0.25) is 10.2 Å². The van der Waals surface area contributed by atoms with E-state index in [-0.39, 0.29) is 5.91 Å². The van der Waals surface area contributed by atoms with Crippen LogP contribution in [0.3, 0.4) is 0 Å². The van der Waals surface area contributed by atoms with E-state index in [2.05, 4.69) is 15.8 Å². The van der Waals surface area contributed by atoms with Gasteiger partial charge in [0.15, 0.2) is 0 Å². The SMILES string of the molecule is CSc1cccc(NN=C2CCCNC2=O)c1. The summed E-state index contributed by atoms with van der Waals surface area (Å²) in [6.07, 6.45) is 3.72. The predicted molar refractivity (Wildman–Crippen MR) is 71.5 cm³/mol. The van der Waals surface area contributed by atoms with Gasteiger partial charge in [0.2, 0.25) is 0 Å². The van der Waals surface area contributed by atoms with Crippen LogP contribution in [0.1, 0.15) is 12.8 Å². The first-order chi connectivity index (χ1) is 8.29. The molecule has 2 rings (SSSR count). The number of carbonyl (C=O) groups is 1. The Kier molecular flexibility index (Phi) is 4.03. The molecular formula is C12H15N3OS. The van der Waals surface area contributed by atoms with Crippen molar-refractivity contribution in [2.75, 3.05) is 18.2 Å². The lowest BCUT2D eigenvalue weighted by atomic mass is 10.1. The molecule has 1 aromatic rings. The number of hydrogen-bond acceptors (Lipinski definition) is 4. The Hall–Kier alpha value is -1.49. The summed E-state index contributed by atoms with van der Waals surface area (Å²) in [5.41, 5.74) is 4.41. The first-order valence-corrected chi connectivity index (χ1v) is 6.77. The number of hydrogen-bond donors (Lipinski definition) is 2. The van der Waals surface area contributed by atoms with E-state index < -0.39 is 0 Å². The summed E-state index contributed by atoms with van der Waals surface area (Å²) in [4.78, 5) is 12.6. The Balaban J connectivity index is 2.05. The normalized spacial score (nSPS) is 17.9. The number of piperidine rings is 1. The van der Waals surface area contributed by atoms with Gasteiger partial charge in [-0.05, 0) is 37.3 Å². The Morgan fingerprint density at radius 3 is 3.12 bits per heavy atom. The average Bonchev–Trinajstić information content (AvgIpc) is 2.38. The van der Waals surface area contributed by atoms with Gasteiger partial charge in [-0.2, -0.15) is 5.10 Å². The summed E-state index contributed by atoms with van der Waals surface area (Å²) in [6, 6.07) is 7.95. The number of anilines is 1. The number of rotatable bonds is 3. The Morgan fingerprint density at radius 2 is 2.35 bits per heavy atom. The topological polar surface area (TPSA) is 53.5 Å². The first-order valence-electron chi connectivity index (χ1n) is 5.54. The van der Waals surface area contributed by atoms with Crippen molar-refractivity contribution in [3.8, 4) is 0 Å². The summed E-state index contributed by atoms with van der Waals surface area (Å²) in [5, 5.41) is 6.93. The number of nitrogens with zero attached hydrogens (tertiary/aromatic N) is 1. The van der Waals surface area contributed by atoms with Crippen LogP contribution in [0.2, 0.25) is 0 Å². The number of benzene rings is 1. The lowest BCUT2D eigenvalue weighted by Crippen LogP contribution is -2.37. The molecule has 1 aliphatic rings. The molecule has 0 aliphatic carbocycles. The number of nitrogens with one attached hydrogen (secondary N) is 2. The number of thioether (sulfide) groups is 1. The van der Waals surface area contributed by atoms with Crippen LogP contribution < -0.4 is 10.7 Å². The molecule has 0 atom stereocenters. The average molecular weight is 249 g/mol. The second-order valence-electron chi connectivity index (χ2n) is 3.76. The molecule has 1 saturated heterocycles. The molecule has 0 unspecified atom stereocenters. The third-order valence-electron chi connectivity index (χ3n) is 2.53. The van der Waals surface area contributed by atoms with Gasteiger partial charge in [0.05, 0.1) is 5.69 Å². The maximum Gasteiger partial charge on any atom is 0.267 e. The van der Waals surface area contributed by atoms with Crippen LogP contribution in [0.5, 0.6) is 0 Å². The van der Waals surface area contributed by atoms with Crippen LogP contribution in [-0.2, 0) is 4.79 Å². The molecular weight excluding hydrogens is 234 g/mol. The second-order valence-corrected chi connectivity index (χ2v) is 4.64. The lowest BCUT2D eigenvalue weighted by molar-refractivity contribution is -0.115. The van der Waals surface area contributed by atoms with Gasteiger partial charge in [0, 0.05) is 11.4 Å². The van der Waals surface area contributed by atoms with E-state index in [4.69, 9.17) is 0 Å². The van der Waals surface area contributed by atoms with Crippen LogP contribution >= 0.6 is 11.8 Å². The molecule has 1 fully saturated rings. The van der Waals surface area contributed by atoms with Crippen LogP contribution in [-0.4, -0.2) is 24.4 Å². The highest BCUT2D eigenvalue weighted by atomic mass is 32.2. The molecule has 1 aromatic carbocycles. The van der Waals surface area contributed by atoms with Gasteiger partial charge in [0.25, 0.3) is 5.91 Å². The molecule has 90 valence electrons. The van der Waals surface area contributed by atoms with Crippen LogP contribution in [0.25, 0.3) is 0 Å². The second kappa shape index (κ2) is 5.72. The van der Waals surface area contributed by atoms with Crippen LogP contribution in [0, 0.1) is 0 Å². The minimum Gasteiger partial charge on any atom is -0.351 e. The molecule has 0 aromatic heterocycles. The van der Waals surface area contributed by atoms with Crippen molar-refractivity contribution in [3.63, 3.8) is 0 Å². The summed E-state index contributed by atoms with van der Waals surface area (Å²) >= 11 is 1.68. The molecule has 1 heterocycles. The third-order valence-corrected chi connectivity index (χ3v) is 3.25. The molecule has 17 heavy (non-hydrogen) atoms. The van der Waals surface area contributed by atoms with E-state index in [0.29, 0.717) is 5.71 Å². The zero-order valence-corrected chi connectivity index (χ0v) is 10.5. The van der Waals surface area contributed by atoms with Crippen molar-refractivity contribution in [3.05, 3.63) is 24.3 Å². The zero-order valence-electron chi connectivity index (χ0n) is 9.69. The highest BCUT2D eigenvalue weighted by Crippen LogP contribution is 2.19. The minimum atomic E-state index is -0.0650. The van der Waals surface area contributed by atoms with Crippen molar-refractivity contribution >= 4 is 29.1 Å². The molecule has 0 bridgehead atoms. The van der Waals surface area contributed by atoms with Crippen molar-refractivity contribution in [2.24, 2.45) is 5.10 Å². The third kappa shape index (κ3) is 3.23. The molecule has 0 saturated carbocycles. The van der Waals surface area contributed by atoms with Gasteiger partial charge in [-0.15, -0.1) is 11.8 Å². The summed E-state index contributed by atoms with van der Waals surface area (Å²) in [7, 11) is 0. The van der Waals surface area contributed by atoms with E-state index in [9.17, 15) is 4.79 Å². The predicted octanol–water partition coefficient (Wildman–Crippen LogP) is 2.09. The Bertz CT molecular complexity index is 445. The molecule has 0 radical (unpaired) electrons. The summed E-state index contributed by atoms with van der Waals surface area (Å²) < 4.78 is 0. The summed E-state index contributed by atoms with van der Waals surface area (Å²) in [6.45, 7) is 0.750.